The zero-order valence-electron chi connectivity index (χ0n) is 38.1. The lowest BCUT2D eigenvalue weighted by atomic mass is 9.85. The van der Waals surface area contributed by atoms with E-state index < -0.39 is 56.5 Å². The fourth-order valence-electron chi connectivity index (χ4n) is 10.3. The van der Waals surface area contributed by atoms with E-state index in [-0.39, 0.29) is 58.1 Å². The summed E-state index contributed by atoms with van der Waals surface area (Å²) in [5.74, 6) is -0.0625. The topological polar surface area (TPSA) is 0 Å². The first kappa shape index (κ1) is 49.6. The number of alkyl halides is 12. The molecule has 0 amide bonds. The molecule has 69 heavy (non-hydrogen) atoms. The summed E-state index contributed by atoms with van der Waals surface area (Å²) in [5, 5.41) is 0. The number of halogens is 12. The molecule has 0 aromatic heterocycles. The van der Waals surface area contributed by atoms with Crippen LogP contribution in [-0.2, 0) is 24.7 Å². The van der Waals surface area contributed by atoms with Crippen LogP contribution in [0.5, 0.6) is 0 Å². The van der Waals surface area contributed by atoms with Gasteiger partial charge in [0, 0.05) is 21.4 Å². The Morgan fingerprint density at radius 1 is 0.406 bits per heavy atom. The van der Waals surface area contributed by atoms with E-state index in [1.54, 1.807) is 72.8 Å². The van der Waals surface area contributed by atoms with Crippen LogP contribution in [0.4, 0.5) is 52.7 Å². The molecule has 2 atom stereocenters. The van der Waals surface area contributed by atoms with Gasteiger partial charge in [-0.1, -0.05) is 148 Å². The summed E-state index contributed by atoms with van der Waals surface area (Å²) in [5.41, 5.74) is 1.52. The molecule has 0 radical (unpaired) electrons. The van der Waals surface area contributed by atoms with Gasteiger partial charge in [-0.3, -0.25) is 0 Å². The maximum Gasteiger partial charge on any atom is 0.416 e. The van der Waals surface area contributed by atoms with Gasteiger partial charge in [0.2, 0.25) is 0 Å². The van der Waals surface area contributed by atoms with Crippen molar-refractivity contribution in [3.8, 4) is 44.5 Å². The summed E-state index contributed by atoms with van der Waals surface area (Å²) in [4.78, 5) is 0. The molecule has 2 aliphatic carbocycles. The molecule has 2 aliphatic rings. The molecule has 0 nitrogen and oxygen atoms in total. The first-order chi connectivity index (χ1) is 32.4. The molecule has 6 aromatic carbocycles. The lowest BCUT2D eigenvalue weighted by molar-refractivity contribution is -0.144. The largest absolute Gasteiger partial charge is 0.416 e. The number of fused-ring (bicyclic) bond motifs is 2. The highest BCUT2D eigenvalue weighted by molar-refractivity contribution is 6.36. The maximum atomic E-state index is 14.3. The average molecular weight is 977 g/mol. The van der Waals surface area contributed by atoms with Gasteiger partial charge in [0.15, 0.2) is 0 Å². The van der Waals surface area contributed by atoms with Crippen molar-refractivity contribution in [1.82, 2.24) is 0 Å². The van der Waals surface area contributed by atoms with E-state index in [1.807, 2.05) is 52.0 Å². The van der Waals surface area contributed by atoms with Gasteiger partial charge in [-0.05, 0) is 128 Å². The normalized spacial score (nSPS) is 16.4. The SMILES string of the molecule is CC(C)CC1=Cc2c(ccc(-c3ccccc3)c2-c2cc(C(F)(F)F)cc(C(F)(F)F)c2)C1C[SiH2]CC1C(CC(C)C)=Cc2c1ccc(-c1ccccc1)c2-c1cc(C(F)(F)F)cc(C(F)(F)F)c1. The summed E-state index contributed by atoms with van der Waals surface area (Å²) >= 11 is 0. The van der Waals surface area contributed by atoms with Gasteiger partial charge in [0.25, 0.3) is 0 Å². The van der Waals surface area contributed by atoms with E-state index >= 15 is 0 Å². The number of hydrogen-bond donors (Lipinski definition) is 0. The summed E-state index contributed by atoms with van der Waals surface area (Å²) in [6, 6.07) is 29.8. The number of hydrogen-bond acceptors (Lipinski definition) is 0. The molecule has 2 unspecified atom stereocenters. The fraction of sp³-hybridized carbons (Fsp3) is 0.286. The number of rotatable bonds is 12. The van der Waals surface area contributed by atoms with Crippen LogP contribution in [0.15, 0.2) is 132 Å². The van der Waals surface area contributed by atoms with E-state index in [0.717, 1.165) is 46.5 Å². The lowest BCUT2D eigenvalue weighted by Crippen LogP contribution is -2.12. The third kappa shape index (κ3) is 10.5. The fourth-order valence-corrected chi connectivity index (χ4v) is 12.7. The molecule has 0 bridgehead atoms. The van der Waals surface area contributed by atoms with Crippen molar-refractivity contribution in [2.45, 2.75) is 89.2 Å². The van der Waals surface area contributed by atoms with Gasteiger partial charge in [-0.25, -0.2) is 0 Å². The minimum atomic E-state index is -5.06. The Morgan fingerprint density at radius 3 is 1.01 bits per heavy atom. The second kappa shape index (κ2) is 18.8. The minimum absolute atomic E-state index is 0.136. The Hall–Kier alpha value is -5.82. The first-order valence-corrected chi connectivity index (χ1v) is 24.8. The molecule has 360 valence electrons. The standard InChI is InChI=1S/C56H48F12Si/c1-31(2)19-35-25-47-45(17-15-43(33-11-7-5-8-12-33)51(47)37-21-39(53(57,58)59)27-40(22-37)54(60,61)62)49(35)29-69-30-50-36(20-32(3)4)26-48-46(50)18-16-44(34-13-9-6-10-14-34)52(48)38-23-41(55(63,64)65)28-42(24-38)56(66,67)68/h5-18,21-28,31-32,49-50H,19-20,29-30,69H2,1-4H3. The molecule has 0 spiro atoms. The van der Waals surface area contributed by atoms with Crippen molar-refractivity contribution in [3.05, 3.63) is 177 Å². The van der Waals surface area contributed by atoms with Crippen molar-refractivity contribution >= 4 is 21.7 Å². The molecule has 8 rings (SSSR count). The Bertz CT molecular complexity index is 2650. The van der Waals surface area contributed by atoms with Gasteiger partial charge in [-0.15, -0.1) is 0 Å². The lowest BCUT2D eigenvalue weighted by Gasteiger charge is -2.23. The van der Waals surface area contributed by atoms with Gasteiger partial charge in [-0.2, -0.15) is 52.7 Å². The van der Waals surface area contributed by atoms with Gasteiger partial charge in [0.05, 0.1) is 22.3 Å². The molecular formula is C56H48F12Si. The highest BCUT2D eigenvalue weighted by Crippen LogP contribution is 2.53. The number of allylic oxidation sites excluding steroid dienone is 2. The maximum absolute atomic E-state index is 14.3. The van der Waals surface area contributed by atoms with E-state index in [1.165, 1.54) is 0 Å². The van der Waals surface area contributed by atoms with E-state index in [9.17, 15) is 52.7 Å². The molecular weight excluding hydrogens is 929 g/mol. The molecule has 0 aliphatic heterocycles. The highest BCUT2D eigenvalue weighted by Gasteiger charge is 2.40. The van der Waals surface area contributed by atoms with E-state index in [0.29, 0.717) is 58.3 Å². The highest BCUT2D eigenvalue weighted by atomic mass is 28.2. The van der Waals surface area contributed by atoms with E-state index in [2.05, 4.69) is 0 Å². The van der Waals surface area contributed by atoms with Crippen LogP contribution < -0.4 is 0 Å². The first-order valence-electron chi connectivity index (χ1n) is 22.8. The molecule has 0 saturated heterocycles. The Balaban J connectivity index is 1.23. The van der Waals surface area contributed by atoms with Gasteiger partial charge < -0.3 is 0 Å². The number of benzene rings is 6. The predicted molar refractivity (Wildman–Crippen MR) is 253 cm³/mol. The second-order valence-electron chi connectivity index (χ2n) is 19.0. The Labute approximate surface area is 395 Å². The van der Waals surface area contributed by atoms with Crippen molar-refractivity contribution in [2.24, 2.45) is 11.8 Å². The summed E-state index contributed by atoms with van der Waals surface area (Å²) in [7, 11) is -1.11. The third-order valence-corrected chi connectivity index (χ3v) is 15.0. The Morgan fingerprint density at radius 2 is 0.725 bits per heavy atom. The van der Waals surface area contributed by atoms with Crippen LogP contribution in [0.25, 0.3) is 56.7 Å². The monoisotopic (exact) mass is 976 g/mol. The molecule has 13 heteroatoms. The van der Waals surface area contributed by atoms with Crippen LogP contribution in [0.3, 0.4) is 0 Å². The van der Waals surface area contributed by atoms with Crippen LogP contribution >= 0.6 is 0 Å². The molecule has 0 N–H and O–H groups in total. The second-order valence-corrected chi connectivity index (χ2v) is 20.8. The molecule has 0 fully saturated rings. The molecule has 6 aromatic rings. The summed E-state index contributed by atoms with van der Waals surface area (Å²) < 4.78 is 172. The summed E-state index contributed by atoms with van der Waals surface area (Å²) in [6.07, 6.45) is -15.1. The summed E-state index contributed by atoms with van der Waals surface area (Å²) in [6.45, 7) is 8.16. The van der Waals surface area contributed by atoms with Gasteiger partial charge in [0.1, 0.15) is 0 Å². The van der Waals surface area contributed by atoms with Crippen LogP contribution in [-0.4, -0.2) is 9.52 Å². The van der Waals surface area contributed by atoms with Crippen LogP contribution in [0, 0.1) is 11.8 Å². The van der Waals surface area contributed by atoms with Crippen molar-refractivity contribution in [1.29, 1.82) is 0 Å². The van der Waals surface area contributed by atoms with Gasteiger partial charge >= 0.3 is 24.7 Å². The zero-order valence-corrected chi connectivity index (χ0v) is 39.5. The van der Waals surface area contributed by atoms with E-state index in [4.69, 9.17) is 0 Å². The Kier molecular flexibility index (Phi) is 13.5. The van der Waals surface area contributed by atoms with Crippen molar-refractivity contribution in [3.63, 3.8) is 0 Å². The molecule has 0 heterocycles. The zero-order chi connectivity index (χ0) is 49.8. The van der Waals surface area contributed by atoms with Crippen molar-refractivity contribution in [2.75, 3.05) is 0 Å². The molecule has 0 saturated carbocycles. The third-order valence-electron chi connectivity index (χ3n) is 13.1. The average Bonchev–Trinajstić information content (AvgIpc) is 3.80. The quantitative estimate of drug-likeness (QED) is 0.0847. The predicted octanol–water partition coefficient (Wildman–Crippen LogP) is 18.2. The van der Waals surface area contributed by atoms with Crippen LogP contribution in [0.2, 0.25) is 12.1 Å². The van der Waals surface area contributed by atoms with Crippen LogP contribution in [0.1, 0.15) is 96.9 Å². The minimum Gasteiger partial charge on any atom is -0.166 e. The van der Waals surface area contributed by atoms with Crippen molar-refractivity contribution < 1.29 is 52.7 Å². The smallest absolute Gasteiger partial charge is 0.166 e.